The summed E-state index contributed by atoms with van der Waals surface area (Å²) in [5.74, 6) is 0.118. The van der Waals surface area contributed by atoms with Crippen molar-refractivity contribution in [3.05, 3.63) is 40.5 Å². The zero-order chi connectivity index (χ0) is 13.1. The quantitative estimate of drug-likeness (QED) is 0.795. The standard InChI is InChI=1S/C11H8Cl2N2O3/c1-17-11(16)18-10-4-5-15(14-10)9-3-2-7(12)6-8(9)13/h2-6H,1H3. The van der Waals surface area contributed by atoms with Crippen LogP contribution in [-0.2, 0) is 4.74 Å². The molecule has 0 aliphatic rings. The third kappa shape index (κ3) is 2.75. The Morgan fingerprint density at radius 2 is 2.11 bits per heavy atom. The van der Waals surface area contributed by atoms with Crippen molar-refractivity contribution in [2.45, 2.75) is 0 Å². The van der Waals surface area contributed by atoms with E-state index in [0.717, 1.165) is 0 Å². The largest absolute Gasteiger partial charge is 0.514 e. The van der Waals surface area contributed by atoms with E-state index in [-0.39, 0.29) is 5.88 Å². The Morgan fingerprint density at radius 1 is 1.33 bits per heavy atom. The van der Waals surface area contributed by atoms with Crippen molar-refractivity contribution in [1.29, 1.82) is 0 Å². The van der Waals surface area contributed by atoms with Gasteiger partial charge in [-0.1, -0.05) is 23.2 Å². The second-order valence-corrected chi connectivity index (χ2v) is 4.09. The Bertz CT molecular complexity index is 583. The van der Waals surface area contributed by atoms with E-state index in [2.05, 4.69) is 9.84 Å². The molecule has 18 heavy (non-hydrogen) atoms. The molecule has 0 amide bonds. The van der Waals surface area contributed by atoms with Crippen LogP contribution in [0.15, 0.2) is 30.5 Å². The average Bonchev–Trinajstić information content (AvgIpc) is 2.77. The molecule has 0 saturated carbocycles. The van der Waals surface area contributed by atoms with Gasteiger partial charge in [0, 0.05) is 17.3 Å². The molecule has 7 heteroatoms. The second-order valence-electron chi connectivity index (χ2n) is 3.25. The van der Waals surface area contributed by atoms with E-state index >= 15 is 0 Å². The minimum Gasteiger partial charge on any atom is -0.437 e. The number of nitrogens with zero attached hydrogens (tertiary/aromatic N) is 2. The van der Waals surface area contributed by atoms with Crippen molar-refractivity contribution < 1.29 is 14.3 Å². The van der Waals surface area contributed by atoms with Crippen LogP contribution < -0.4 is 4.74 Å². The maximum atomic E-state index is 10.9. The van der Waals surface area contributed by atoms with Crippen LogP contribution in [0.1, 0.15) is 0 Å². The minimum absolute atomic E-state index is 0.118. The molecule has 0 bridgehead atoms. The Labute approximate surface area is 113 Å². The monoisotopic (exact) mass is 286 g/mol. The van der Waals surface area contributed by atoms with Crippen LogP contribution in [0.2, 0.25) is 10.0 Å². The predicted octanol–water partition coefficient (Wildman–Crippen LogP) is 3.32. The first kappa shape index (κ1) is 12.7. The number of halogens is 2. The van der Waals surface area contributed by atoms with Gasteiger partial charge in [0.05, 0.1) is 17.8 Å². The van der Waals surface area contributed by atoms with Crippen molar-refractivity contribution in [3.63, 3.8) is 0 Å². The van der Waals surface area contributed by atoms with Gasteiger partial charge in [0.25, 0.3) is 0 Å². The van der Waals surface area contributed by atoms with E-state index in [1.54, 1.807) is 24.4 Å². The van der Waals surface area contributed by atoms with Gasteiger partial charge in [-0.05, 0) is 18.2 Å². The zero-order valence-corrected chi connectivity index (χ0v) is 10.8. The molecule has 0 N–H and O–H groups in total. The lowest BCUT2D eigenvalue weighted by Crippen LogP contribution is -2.08. The molecule has 0 atom stereocenters. The highest BCUT2D eigenvalue weighted by Crippen LogP contribution is 2.24. The van der Waals surface area contributed by atoms with Crippen LogP contribution in [0, 0.1) is 0 Å². The summed E-state index contributed by atoms with van der Waals surface area (Å²) in [6.45, 7) is 0. The predicted molar refractivity (Wildman–Crippen MR) is 66.6 cm³/mol. The number of rotatable bonds is 2. The van der Waals surface area contributed by atoms with Crippen LogP contribution in [0.5, 0.6) is 5.88 Å². The second kappa shape index (κ2) is 5.29. The van der Waals surface area contributed by atoms with Crippen molar-refractivity contribution in [2.75, 3.05) is 7.11 Å². The van der Waals surface area contributed by atoms with Crippen LogP contribution in [0.4, 0.5) is 4.79 Å². The smallest absolute Gasteiger partial charge is 0.437 e. The van der Waals surface area contributed by atoms with Gasteiger partial charge in [-0.2, -0.15) is 0 Å². The first-order chi connectivity index (χ1) is 8.60. The van der Waals surface area contributed by atoms with E-state index < -0.39 is 6.16 Å². The summed E-state index contributed by atoms with van der Waals surface area (Å²) < 4.78 is 10.6. The number of methoxy groups -OCH3 is 1. The maximum Gasteiger partial charge on any atom is 0.514 e. The number of aromatic nitrogens is 2. The van der Waals surface area contributed by atoms with Gasteiger partial charge in [-0.3, -0.25) is 0 Å². The average molecular weight is 287 g/mol. The number of carbonyl (C=O) groups excluding carboxylic acids is 1. The summed E-state index contributed by atoms with van der Waals surface area (Å²) in [5.41, 5.74) is 0.626. The lowest BCUT2D eigenvalue weighted by atomic mass is 10.3. The van der Waals surface area contributed by atoms with Crippen LogP contribution in [-0.4, -0.2) is 23.0 Å². The molecule has 1 heterocycles. The molecule has 2 rings (SSSR count). The zero-order valence-electron chi connectivity index (χ0n) is 9.26. The number of ether oxygens (including phenoxy) is 2. The van der Waals surface area contributed by atoms with Crippen LogP contribution in [0.25, 0.3) is 5.69 Å². The molecule has 0 aliphatic carbocycles. The molecular weight excluding hydrogens is 279 g/mol. The van der Waals surface area contributed by atoms with Crippen molar-refractivity contribution in [1.82, 2.24) is 9.78 Å². The highest BCUT2D eigenvalue weighted by Gasteiger charge is 2.09. The van der Waals surface area contributed by atoms with E-state index in [1.807, 2.05) is 0 Å². The number of carbonyl (C=O) groups is 1. The SMILES string of the molecule is COC(=O)Oc1ccn(-c2ccc(Cl)cc2Cl)n1. The maximum absolute atomic E-state index is 10.9. The van der Waals surface area contributed by atoms with E-state index in [0.29, 0.717) is 15.7 Å². The molecule has 0 radical (unpaired) electrons. The van der Waals surface area contributed by atoms with Crippen molar-refractivity contribution in [3.8, 4) is 11.6 Å². The molecule has 0 saturated heterocycles. The van der Waals surface area contributed by atoms with Crippen LogP contribution in [0.3, 0.4) is 0 Å². The number of hydrogen-bond acceptors (Lipinski definition) is 4. The lowest BCUT2D eigenvalue weighted by Gasteiger charge is -2.04. The molecule has 1 aromatic heterocycles. The van der Waals surface area contributed by atoms with Gasteiger partial charge in [-0.25, -0.2) is 9.48 Å². The molecule has 0 unspecified atom stereocenters. The number of benzene rings is 1. The van der Waals surface area contributed by atoms with Gasteiger partial charge in [0.1, 0.15) is 0 Å². The minimum atomic E-state index is -0.831. The number of hydrogen-bond donors (Lipinski definition) is 0. The summed E-state index contributed by atoms with van der Waals surface area (Å²) in [7, 11) is 1.22. The first-order valence-electron chi connectivity index (χ1n) is 4.87. The summed E-state index contributed by atoms with van der Waals surface area (Å²) in [5, 5.41) is 4.99. The lowest BCUT2D eigenvalue weighted by molar-refractivity contribution is 0.119. The van der Waals surface area contributed by atoms with Gasteiger partial charge < -0.3 is 9.47 Å². The molecule has 0 fully saturated rings. The van der Waals surface area contributed by atoms with Gasteiger partial charge >= 0.3 is 6.16 Å². The topological polar surface area (TPSA) is 53.4 Å². The van der Waals surface area contributed by atoms with Crippen molar-refractivity contribution in [2.24, 2.45) is 0 Å². The summed E-state index contributed by atoms with van der Waals surface area (Å²) >= 11 is 11.8. The Morgan fingerprint density at radius 3 is 2.78 bits per heavy atom. The molecule has 94 valence electrons. The van der Waals surface area contributed by atoms with Crippen molar-refractivity contribution >= 4 is 29.4 Å². The molecule has 0 spiro atoms. The molecule has 2 aromatic rings. The fourth-order valence-corrected chi connectivity index (χ4v) is 1.79. The van der Waals surface area contributed by atoms with E-state index in [9.17, 15) is 4.79 Å². The molecular formula is C11H8Cl2N2O3. The third-order valence-corrected chi connectivity index (χ3v) is 2.61. The first-order valence-corrected chi connectivity index (χ1v) is 5.62. The summed E-state index contributed by atoms with van der Waals surface area (Å²) in [6.07, 6.45) is 0.773. The van der Waals surface area contributed by atoms with Gasteiger partial charge in [0.15, 0.2) is 0 Å². The van der Waals surface area contributed by atoms with Gasteiger partial charge in [-0.15, -0.1) is 5.10 Å². The Kier molecular flexibility index (Phi) is 3.74. The fraction of sp³-hybridized carbons (Fsp3) is 0.0909. The van der Waals surface area contributed by atoms with Crippen LogP contribution >= 0.6 is 23.2 Å². The summed E-state index contributed by atoms with van der Waals surface area (Å²) in [4.78, 5) is 10.9. The fourth-order valence-electron chi connectivity index (χ4n) is 1.29. The molecule has 5 nitrogen and oxygen atoms in total. The normalized spacial score (nSPS) is 10.2. The van der Waals surface area contributed by atoms with Gasteiger partial charge in [0.2, 0.25) is 5.88 Å². The summed E-state index contributed by atoms with van der Waals surface area (Å²) in [6, 6.07) is 6.51. The highest BCUT2D eigenvalue weighted by molar-refractivity contribution is 6.35. The Balaban J connectivity index is 2.26. The van der Waals surface area contributed by atoms with E-state index in [1.165, 1.54) is 17.9 Å². The molecule has 0 aliphatic heterocycles. The third-order valence-electron chi connectivity index (χ3n) is 2.08. The highest BCUT2D eigenvalue weighted by atomic mass is 35.5. The Hall–Kier alpha value is -1.72. The van der Waals surface area contributed by atoms with E-state index in [4.69, 9.17) is 27.9 Å². The molecule has 1 aromatic carbocycles.